The molecule has 3 unspecified atom stereocenters. The van der Waals surface area contributed by atoms with E-state index in [4.69, 9.17) is 10.6 Å². The van der Waals surface area contributed by atoms with Gasteiger partial charge in [0.2, 0.25) is 5.91 Å². The maximum absolute atomic E-state index is 11.5. The van der Waals surface area contributed by atoms with Gasteiger partial charge >= 0.3 is 0 Å². The van der Waals surface area contributed by atoms with E-state index in [-0.39, 0.29) is 11.8 Å². The van der Waals surface area contributed by atoms with Crippen molar-refractivity contribution in [1.82, 2.24) is 10.3 Å². The molecule has 1 aliphatic heterocycles. The summed E-state index contributed by atoms with van der Waals surface area (Å²) < 4.78 is 5.62. The molecule has 21 heavy (non-hydrogen) atoms. The quantitative estimate of drug-likeness (QED) is 0.489. The van der Waals surface area contributed by atoms with Gasteiger partial charge in [0.05, 0.1) is 12.0 Å². The van der Waals surface area contributed by atoms with Crippen LogP contribution in [0.25, 0.3) is 0 Å². The Morgan fingerprint density at radius 3 is 2.67 bits per heavy atom. The van der Waals surface area contributed by atoms with Crippen LogP contribution in [-0.2, 0) is 16.1 Å². The van der Waals surface area contributed by atoms with Gasteiger partial charge in [0.25, 0.3) is 0 Å². The molecule has 5 nitrogen and oxygen atoms in total. The Kier molecular flexibility index (Phi) is 5.33. The molecule has 116 valence electrons. The number of carbonyl (C=O) groups is 1. The highest BCUT2D eigenvalue weighted by Crippen LogP contribution is 2.21. The van der Waals surface area contributed by atoms with Crippen LogP contribution in [0.15, 0.2) is 24.3 Å². The predicted molar refractivity (Wildman–Crippen MR) is 82.5 cm³/mol. The van der Waals surface area contributed by atoms with Gasteiger partial charge in [0.1, 0.15) is 0 Å². The molecule has 0 radical (unpaired) electrons. The lowest BCUT2D eigenvalue weighted by molar-refractivity contribution is -0.122. The standard InChI is InChI=1S/C16H25N3O2/c1-11(16(20)18-17)14-6-4-13(5-7-14)10-19(3)15-8-9-21-12(15)2/h4-7,11-12,15H,8-10,17H2,1-3H3,(H,18,20). The molecule has 0 saturated carbocycles. The Hall–Kier alpha value is -1.43. The summed E-state index contributed by atoms with van der Waals surface area (Å²) in [7, 11) is 2.13. The average molecular weight is 291 g/mol. The molecular weight excluding hydrogens is 266 g/mol. The van der Waals surface area contributed by atoms with Gasteiger partial charge in [-0.15, -0.1) is 0 Å². The molecule has 1 amide bonds. The van der Waals surface area contributed by atoms with Gasteiger partial charge in [-0.2, -0.15) is 0 Å². The van der Waals surface area contributed by atoms with Crippen molar-refractivity contribution < 1.29 is 9.53 Å². The van der Waals surface area contributed by atoms with Crippen molar-refractivity contribution in [3.63, 3.8) is 0 Å². The molecule has 1 aromatic carbocycles. The fraction of sp³-hybridized carbons (Fsp3) is 0.562. The summed E-state index contributed by atoms with van der Waals surface area (Å²) in [5.74, 6) is 4.77. The Balaban J connectivity index is 1.97. The molecule has 3 atom stereocenters. The van der Waals surface area contributed by atoms with Gasteiger partial charge in [0.15, 0.2) is 0 Å². The van der Waals surface area contributed by atoms with Gasteiger partial charge in [-0.1, -0.05) is 24.3 Å². The van der Waals surface area contributed by atoms with Crippen molar-refractivity contribution in [2.45, 2.75) is 44.9 Å². The normalized spacial score (nSPS) is 23.3. The van der Waals surface area contributed by atoms with Crippen LogP contribution in [0.3, 0.4) is 0 Å². The van der Waals surface area contributed by atoms with Crippen LogP contribution >= 0.6 is 0 Å². The summed E-state index contributed by atoms with van der Waals surface area (Å²) in [5.41, 5.74) is 4.40. The van der Waals surface area contributed by atoms with Crippen LogP contribution in [0.2, 0.25) is 0 Å². The number of likely N-dealkylation sites (N-methyl/N-ethyl adjacent to an activating group) is 1. The van der Waals surface area contributed by atoms with E-state index in [0.29, 0.717) is 12.1 Å². The molecule has 0 aliphatic carbocycles. The molecule has 1 heterocycles. The highest BCUT2D eigenvalue weighted by Gasteiger charge is 2.27. The van der Waals surface area contributed by atoms with Crippen molar-refractivity contribution in [2.75, 3.05) is 13.7 Å². The second-order valence-electron chi connectivity index (χ2n) is 5.82. The van der Waals surface area contributed by atoms with Crippen LogP contribution in [0.4, 0.5) is 0 Å². The van der Waals surface area contributed by atoms with Gasteiger partial charge in [-0.3, -0.25) is 15.1 Å². The van der Waals surface area contributed by atoms with Gasteiger partial charge in [-0.25, -0.2) is 5.84 Å². The lowest BCUT2D eigenvalue weighted by Gasteiger charge is -2.26. The fourth-order valence-corrected chi connectivity index (χ4v) is 2.89. The number of rotatable bonds is 5. The third-order valence-electron chi connectivity index (χ3n) is 4.35. The van der Waals surface area contributed by atoms with E-state index in [0.717, 1.165) is 25.1 Å². The minimum atomic E-state index is -0.231. The summed E-state index contributed by atoms with van der Waals surface area (Å²) in [4.78, 5) is 13.9. The summed E-state index contributed by atoms with van der Waals surface area (Å²) >= 11 is 0. The topological polar surface area (TPSA) is 67.6 Å². The molecule has 0 spiro atoms. The van der Waals surface area contributed by atoms with E-state index in [9.17, 15) is 4.79 Å². The van der Waals surface area contributed by atoms with Crippen LogP contribution in [-0.4, -0.2) is 36.6 Å². The maximum Gasteiger partial charge on any atom is 0.241 e. The van der Waals surface area contributed by atoms with Crippen molar-refractivity contribution in [1.29, 1.82) is 0 Å². The first-order valence-electron chi connectivity index (χ1n) is 7.44. The van der Waals surface area contributed by atoms with Crippen LogP contribution in [0, 0.1) is 0 Å². The number of nitrogens with one attached hydrogen (secondary N) is 1. The molecule has 1 saturated heterocycles. The van der Waals surface area contributed by atoms with E-state index >= 15 is 0 Å². The lowest BCUT2D eigenvalue weighted by Crippen LogP contribution is -2.36. The molecule has 1 aromatic rings. The number of amides is 1. The molecule has 0 aromatic heterocycles. The smallest absolute Gasteiger partial charge is 0.241 e. The van der Waals surface area contributed by atoms with Crippen molar-refractivity contribution >= 4 is 5.91 Å². The third-order valence-corrected chi connectivity index (χ3v) is 4.35. The van der Waals surface area contributed by atoms with E-state index in [2.05, 4.69) is 36.4 Å². The monoisotopic (exact) mass is 291 g/mol. The molecule has 0 bridgehead atoms. The van der Waals surface area contributed by atoms with Gasteiger partial charge in [-0.05, 0) is 38.4 Å². The highest BCUT2D eigenvalue weighted by molar-refractivity contribution is 5.82. The van der Waals surface area contributed by atoms with Crippen LogP contribution in [0.1, 0.15) is 37.3 Å². The molecule has 2 rings (SSSR count). The Morgan fingerprint density at radius 2 is 2.14 bits per heavy atom. The number of nitrogens with two attached hydrogens (primary N) is 1. The van der Waals surface area contributed by atoms with E-state index < -0.39 is 0 Å². The number of hydrogen-bond donors (Lipinski definition) is 2. The fourth-order valence-electron chi connectivity index (χ4n) is 2.89. The second kappa shape index (κ2) is 7.02. The van der Waals surface area contributed by atoms with Crippen molar-refractivity contribution in [2.24, 2.45) is 5.84 Å². The predicted octanol–water partition coefficient (Wildman–Crippen LogP) is 1.39. The summed E-state index contributed by atoms with van der Waals surface area (Å²) in [6.45, 7) is 5.71. The number of hydrogen-bond acceptors (Lipinski definition) is 4. The number of ether oxygens (including phenoxy) is 1. The molecular formula is C16H25N3O2. The van der Waals surface area contributed by atoms with Crippen LogP contribution in [0.5, 0.6) is 0 Å². The lowest BCUT2D eigenvalue weighted by atomic mass is 9.99. The molecule has 5 heteroatoms. The Labute approximate surface area is 126 Å². The molecule has 3 N–H and O–H groups in total. The number of benzene rings is 1. The second-order valence-corrected chi connectivity index (χ2v) is 5.82. The number of hydrazine groups is 1. The first-order chi connectivity index (χ1) is 10.0. The zero-order valence-electron chi connectivity index (χ0n) is 13.0. The van der Waals surface area contributed by atoms with Crippen LogP contribution < -0.4 is 11.3 Å². The van der Waals surface area contributed by atoms with E-state index in [1.165, 1.54) is 5.56 Å². The third kappa shape index (κ3) is 3.81. The summed E-state index contributed by atoms with van der Waals surface area (Å²) in [5, 5.41) is 0. The highest BCUT2D eigenvalue weighted by atomic mass is 16.5. The first-order valence-corrected chi connectivity index (χ1v) is 7.44. The largest absolute Gasteiger partial charge is 0.377 e. The minimum absolute atomic E-state index is 0.170. The van der Waals surface area contributed by atoms with Gasteiger partial charge < -0.3 is 4.74 Å². The zero-order chi connectivity index (χ0) is 15.4. The Bertz CT molecular complexity index is 475. The minimum Gasteiger partial charge on any atom is -0.377 e. The van der Waals surface area contributed by atoms with Gasteiger partial charge in [0, 0.05) is 19.2 Å². The summed E-state index contributed by atoms with van der Waals surface area (Å²) in [6.07, 6.45) is 1.38. The average Bonchev–Trinajstić information content (AvgIpc) is 2.92. The van der Waals surface area contributed by atoms with E-state index in [1.54, 1.807) is 0 Å². The van der Waals surface area contributed by atoms with Crippen molar-refractivity contribution in [3.8, 4) is 0 Å². The van der Waals surface area contributed by atoms with Crippen molar-refractivity contribution in [3.05, 3.63) is 35.4 Å². The maximum atomic E-state index is 11.5. The number of nitrogens with zero attached hydrogens (tertiary/aromatic N) is 1. The van der Waals surface area contributed by atoms with E-state index in [1.807, 2.05) is 19.1 Å². The number of carbonyl (C=O) groups excluding carboxylic acids is 1. The summed E-state index contributed by atoms with van der Waals surface area (Å²) in [6, 6.07) is 8.63. The molecule has 1 fully saturated rings. The Morgan fingerprint density at radius 1 is 1.48 bits per heavy atom. The zero-order valence-corrected chi connectivity index (χ0v) is 13.0. The molecule has 1 aliphatic rings. The first kappa shape index (κ1) is 15.9. The SMILES string of the molecule is CC(C(=O)NN)c1ccc(CN(C)C2CCOC2C)cc1.